The fourth-order valence-corrected chi connectivity index (χ4v) is 6.97. The lowest BCUT2D eigenvalue weighted by Gasteiger charge is -2.56. The number of fused-ring (bicyclic) bond motifs is 5. The zero-order chi connectivity index (χ0) is 18.8. The largest absolute Gasteiger partial charge is 0.393 e. The summed E-state index contributed by atoms with van der Waals surface area (Å²) in [7, 11) is 0. The van der Waals surface area contributed by atoms with Gasteiger partial charge in [0.15, 0.2) is 5.78 Å². The van der Waals surface area contributed by atoms with Crippen molar-refractivity contribution in [2.45, 2.75) is 64.9 Å². The second-order valence-corrected chi connectivity index (χ2v) is 9.82. The third-order valence-corrected chi connectivity index (χ3v) is 8.57. The van der Waals surface area contributed by atoms with Crippen LogP contribution in [0.1, 0.15) is 64.5 Å². The fraction of sp³-hybridized carbons (Fsp3) is 0.652. The van der Waals surface area contributed by atoms with E-state index in [1.165, 1.54) is 5.57 Å². The summed E-state index contributed by atoms with van der Waals surface area (Å²) in [5, 5.41) is 10.1. The van der Waals surface area contributed by atoms with Crippen LogP contribution in [0.2, 0.25) is 0 Å². The molecule has 4 aliphatic carbocycles. The van der Waals surface area contributed by atoms with Crippen LogP contribution >= 0.6 is 0 Å². The van der Waals surface area contributed by atoms with E-state index in [0.717, 1.165) is 56.2 Å². The number of nitrogens with one attached hydrogen (secondary N) is 1. The highest BCUT2D eigenvalue weighted by molar-refractivity contribution is 6.05. The number of aliphatic hydroxyl groups excluding tert-OH is 1. The Labute approximate surface area is 161 Å². The molecule has 6 atom stereocenters. The molecule has 0 aromatic carbocycles. The van der Waals surface area contributed by atoms with Gasteiger partial charge >= 0.3 is 0 Å². The summed E-state index contributed by atoms with van der Waals surface area (Å²) in [6, 6.07) is 0. The molecule has 4 unspecified atom stereocenters. The molecule has 4 aliphatic rings. The molecular formula is C23H30N2O2. The summed E-state index contributed by atoms with van der Waals surface area (Å²) in [4.78, 5) is 20.5. The Morgan fingerprint density at radius 1 is 1.19 bits per heavy atom. The van der Waals surface area contributed by atoms with E-state index in [9.17, 15) is 9.90 Å². The summed E-state index contributed by atoms with van der Waals surface area (Å²) in [5.74, 6) is 2.05. The van der Waals surface area contributed by atoms with Gasteiger partial charge in [-0.2, -0.15) is 0 Å². The maximum absolute atomic E-state index is 13.3. The molecule has 1 heterocycles. The molecule has 4 heteroatoms. The van der Waals surface area contributed by atoms with Crippen molar-refractivity contribution in [1.82, 2.24) is 9.97 Å². The molecule has 3 fully saturated rings. The number of carbonyl (C=O) groups is 1. The molecule has 0 spiro atoms. The van der Waals surface area contributed by atoms with Crippen molar-refractivity contribution in [3.05, 3.63) is 35.4 Å². The van der Waals surface area contributed by atoms with Gasteiger partial charge in [-0.05, 0) is 79.8 Å². The number of hydrogen-bond acceptors (Lipinski definition) is 3. The number of aromatic nitrogens is 2. The minimum Gasteiger partial charge on any atom is -0.393 e. The number of hydrogen-bond donors (Lipinski definition) is 2. The highest BCUT2D eigenvalue weighted by Crippen LogP contribution is 2.64. The summed E-state index contributed by atoms with van der Waals surface area (Å²) < 4.78 is 0. The molecule has 0 radical (unpaired) electrons. The van der Waals surface area contributed by atoms with Crippen LogP contribution in [0.15, 0.2) is 29.7 Å². The van der Waals surface area contributed by atoms with Crippen molar-refractivity contribution < 1.29 is 9.90 Å². The number of ketones is 1. The maximum Gasteiger partial charge on any atom is 0.165 e. The van der Waals surface area contributed by atoms with E-state index in [-0.39, 0.29) is 16.9 Å². The van der Waals surface area contributed by atoms with Gasteiger partial charge in [0.2, 0.25) is 0 Å². The second-order valence-electron chi connectivity index (χ2n) is 9.82. The Balaban J connectivity index is 1.49. The molecule has 0 bridgehead atoms. The molecular weight excluding hydrogens is 336 g/mol. The Morgan fingerprint density at radius 2 is 2.00 bits per heavy atom. The van der Waals surface area contributed by atoms with Gasteiger partial charge < -0.3 is 10.1 Å². The molecule has 144 valence electrons. The van der Waals surface area contributed by atoms with E-state index in [0.29, 0.717) is 23.5 Å². The third kappa shape index (κ3) is 2.45. The van der Waals surface area contributed by atoms with Crippen LogP contribution < -0.4 is 0 Å². The third-order valence-electron chi connectivity index (χ3n) is 8.57. The van der Waals surface area contributed by atoms with E-state index in [2.05, 4.69) is 29.9 Å². The maximum atomic E-state index is 13.3. The summed E-state index contributed by atoms with van der Waals surface area (Å²) >= 11 is 0. The van der Waals surface area contributed by atoms with Gasteiger partial charge in [-0.15, -0.1) is 0 Å². The number of aromatic amines is 1. The Morgan fingerprint density at radius 3 is 2.78 bits per heavy atom. The molecule has 1 aromatic heterocycles. The van der Waals surface area contributed by atoms with Crippen LogP contribution in [0.5, 0.6) is 0 Å². The van der Waals surface area contributed by atoms with Gasteiger partial charge in [0.05, 0.1) is 24.3 Å². The van der Waals surface area contributed by atoms with Gasteiger partial charge in [-0.3, -0.25) is 4.79 Å². The Kier molecular flexibility index (Phi) is 3.81. The Hall–Kier alpha value is -1.68. The summed E-state index contributed by atoms with van der Waals surface area (Å²) in [6.45, 7) is 4.65. The standard InChI is InChI=1S/C23H30N2O2/c1-22-7-5-17(26)11-15(22)3-4-18-19(22)6-8-23(2)20(18)10-14(21(23)27)9-16-12-24-13-25-16/h3,9,12-13,17-20,26H,4-8,10-11H2,1-2H3,(H,24,25)/b14-9+/t17?,18?,19?,20?,22-,23-/m0/s1. The van der Waals surface area contributed by atoms with Gasteiger partial charge in [0, 0.05) is 5.41 Å². The zero-order valence-electron chi connectivity index (χ0n) is 16.4. The number of Topliss-reactive ketones (excluding diaryl/α,β-unsaturated/α-hetero) is 1. The fourth-order valence-electron chi connectivity index (χ4n) is 6.97. The topological polar surface area (TPSA) is 66.0 Å². The first kappa shape index (κ1) is 17.4. The van der Waals surface area contributed by atoms with Gasteiger partial charge in [-0.25, -0.2) is 4.98 Å². The monoisotopic (exact) mass is 366 g/mol. The van der Waals surface area contributed by atoms with Crippen molar-refractivity contribution in [3.8, 4) is 0 Å². The van der Waals surface area contributed by atoms with Crippen LogP contribution in [-0.2, 0) is 4.79 Å². The highest BCUT2D eigenvalue weighted by Gasteiger charge is 2.59. The van der Waals surface area contributed by atoms with Crippen molar-refractivity contribution in [3.63, 3.8) is 0 Å². The number of carbonyl (C=O) groups excluding carboxylic acids is 1. The van der Waals surface area contributed by atoms with Crippen LogP contribution in [0, 0.1) is 28.6 Å². The lowest BCUT2D eigenvalue weighted by atomic mass is 9.48. The first-order valence-corrected chi connectivity index (χ1v) is 10.5. The molecule has 0 aliphatic heterocycles. The molecule has 1 aromatic rings. The van der Waals surface area contributed by atoms with Crippen LogP contribution in [0.3, 0.4) is 0 Å². The minimum atomic E-state index is -0.205. The van der Waals surface area contributed by atoms with E-state index in [4.69, 9.17) is 0 Å². The average molecular weight is 367 g/mol. The van der Waals surface area contributed by atoms with Crippen molar-refractivity contribution in [1.29, 1.82) is 0 Å². The molecule has 0 amide bonds. The summed E-state index contributed by atoms with van der Waals surface area (Å²) in [5.41, 5.74) is 3.41. The SMILES string of the molecule is C[C@]12CCC(O)CC1=CCC1C2CC[C@]2(C)C(=O)/C(=C/c3cnc[nH]3)CC12. The first-order valence-electron chi connectivity index (χ1n) is 10.5. The lowest BCUT2D eigenvalue weighted by Crippen LogP contribution is -2.50. The smallest absolute Gasteiger partial charge is 0.165 e. The van der Waals surface area contributed by atoms with Gasteiger partial charge in [0.1, 0.15) is 0 Å². The highest BCUT2D eigenvalue weighted by atomic mass is 16.3. The predicted molar refractivity (Wildman–Crippen MR) is 105 cm³/mol. The van der Waals surface area contributed by atoms with Crippen molar-refractivity contribution in [2.24, 2.45) is 28.6 Å². The molecule has 3 saturated carbocycles. The number of H-pyrrole nitrogens is 1. The molecule has 27 heavy (non-hydrogen) atoms. The lowest BCUT2D eigenvalue weighted by molar-refractivity contribution is -0.130. The van der Waals surface area contributed by atoms with Crippen LogP contribution in [0.25, 0.3) is 6.08 Å². The number of allylic oxidation sites excluding steroid dienone is 2. The van der Waals surface area contributed by atoms with E-state index in [1.54, 1.807) is 12.5 Å². The van der Waals surface area contributed by atoms with Gasteiger partial charge in [-0.1, -0.05) is 25.5 Å². The minimum absolute atomic E-state index is 0.160. The molecule has 2 N–H and O–H groups in total. The number of rotatable bonds is 1. The van der Waals surface area contributed by atoms with Gasteiger partial charge in [0.25, 0.3) is 0 Å². The predicted octanol–water partition coefficient (Wildman–Crippen LogP) is 4.30. The second kappa shape index (κ2) is 5.91. The Bertz CT molecular complexity index is 823. The molecule has 4 nitrogen and oxygen atoms in total. The van der Waals surface area contributed by atoms with Crippen molar-refractivity contribution >= 4 is 11.9 Å². The number of nitrogens with zero attached hydrogens (tertiary/aromatic N) is 1. The van der Waals surface area contributed by atoms with Crippen molar-refractivity contribution in [2.75, 3.05) is 0 Å². The van der Waals surface area contributed by atoms with E-state index in [1.807, 2.05) is 6.08 Å². The molecule has 0 saturated heterocycles. The average Bonchev–Trinajstić information content (AvgIpc) is 3.24. The first-order chi connectivity index (χ1) is 12.9. The summed E-state index contributed by atoms with van der Waals surface area (Å²) in [6.07, 6.45) is 14.7. The van der Waals surface area contributed by atoms with Crippen LogP contribution in [0.4, 0.5) is 0 Å². The normalized spacial score (nSPS) is 45.2. The zero-order valence-corrected chi connectivity index (χ0v) is 16.4. The quantitative estimate of drug-likeness (QED) is 0.575. The molecule has 5 rings (SSSR count). The number of aliphatic hydroxyl groups is 1. The van der Waals surface area contributed by atoms with E-state index < -0.39 is 0 Å². The van der Waals surface area contributed by atoms with Crippen LogP contribution in [-0.4, -0.2) is 27.0 Å². The number of imidazole rings is 1. The van der Waals surface area contributed by atoms with E-state index >= 15 is 0 Å².